The number of ether oxygens (including phenoxy) is 1. The smallest absolute Gasteiger partial charge is 0.432 e. The Balaban J connectivity index is 1.58. The van der Waals surface area contributed by atoms with Gasteiger partial charge in [-0.25, -0.2) is 23.5 Å². The van der Waals surface area contributed by atoms with Gasteiger partial charge in [0.25, 0.3) is 0 Å². The highest BCUT2D eigenvalue weighted by Gasteiger charge is 2.33. The molecule has 8 nitrogen and oxygen atoms in total. The van der Waals surface area contributed by atoms with E-state index in [1.54, 1.807) is 22.7 Å². The molecule has 37 heavy (non-hydrogen) atoms. The fraction of sp³-hybridized carbons (Fsp3) is 0.292. The number of halogens is 5. The summed E-state index contributed by atoms with van der Waals surface area (Å²) in [7, 11) is 0. The molecule has 1 aromatic carbocycles. The van der Waals surface area contributed by atoms with Crippen molar-refractivity contribution in [1.82, 2.24) is 24.3 Å². The van der Waals surface area contributed by atoms with E-state index in [9.17, 15) is 23.1 Å². The number of imidazole rings is 2. The van der Waals surface area contributed by atoms with E-state index in [1.807, 2.05) is 11.9 Å². The van der Waals surface area contributed by atoms with Gasteiger partial charge in [0.2, 0.25) is 0 Å². The number of carboxylic acid groups (broad SMARTS) is 1. The molecule has 1 fully saturated rings. The summed E-state index contributed by atoms with van der Waals surface area (Å²) in [6, 6.07) is 5.29. The third-order valence-electron chi connectivity index (χ3n) is 6.14. The number of hydrogen-bond acceptors (Lipinski definition) is 4. The SMILES string of the molecule is Cc1ccn2c(CC3CN(C(=O)O)CCO3)c(-c3c(F)cc(-c4ncc(C(F)(F)F)[nH]4)cc3F)nc2c1. The number of aryl methyl sites for hydroxylation is 1. The maximum Gasteiger partial charge on any atom is 0.432 e. The first kappa shape index (κ1) is 24.7. The topological polar surface area (TPSA) is 95.8 Å². The van der Waals surface area contributed by atoms with Gasteiger partial charge in [-0.3, -0.25) is 0 Å². The molecule has 0 spiro atoms. The van der Waals surface area contributed by atoms with Crippen molar-refractivity contribution in [2.45, 2.75) is 25.6 Å². The number of nitrogens with one attached hydrogen (secondary N) is 1. The molecule has 13 heteroatoms. The van der Waals surface area contributed by atoms with Crippen LogP contribution in [0.4, 0.5) is 26.7 Å². The van der Waals surface area contributed by atoms with Crippen molar-refractivity contribution in [2.24, 2.45) is 0 Å². The van der Waals surface area contributed by atoms with Crippen LogP contribution < -0.4 is 0 Å². The Morgan fingerprint density at radius 1 is 1.24 bits per heavy atom. The van der Waals surface area contributed by atoms with Crippen LogP contribution in [0.25, 0.3) is 28.3 Å². The van der Waals surface area contributed by atoms with Crippen molar-refractivity contribution in [2.75, 3.05) is 19.7 Å². The summed E-state index contributed by atoms with van der Waals surface area (Å²) in [4.78, 5) is 22.7. The number of rotatable bonds is 4. The zero-order valence-electron chi connectivity index (χ0n) is 19.3. The minimum Gasteiger partial charge on any atom is -0.465 e. The van der Waals surface area contributed by atoms with E-state index in [2.05, 4.69) is 9.97 Å². The summed E-state index contributed by atoms with van der Waals surface area (Å²) in [5, 5.41) is 9.34. The van der Waals surface area contributed by atoms with Crippen molar-refractivity contribution in [3.63, 3.8) is 0 Å². The van der Waals surface area contributed by atoms with Gasteiger partial charge >= 0.3 is 12.3 Å². The van der Waals surface area contributed by atoms with Gasteiger partial charge in [-0.2, -0.15) is 13.2 Å². The number of H-pyrrole nitrogens is 1. The Kier molecular flexibility index (Phi) is 6.10. The third kappa shape index (κ3) is 4.73. The molecule has 1 amide bonds. The molecular formula is C24H20F5N5O3. The summed E-state index contributed by atoms with van der Waals surface area (Å²) in [5.41, 5.74) is -0.158. The summed E-state index contributed by atoms with van der Waals surface area (Å²) in [5.74, 6) is -2.43. The molecule has 3 aromatic heterocycles. The van der Waals surface area contributed by atoms with Crippen LogP contribution in [-0.4, -0.2) is 61.3 Å². The maximum atomic E-state index is 15.4. The number of pyridine rings is 1. The average molecular weight is 521 g/mol. The fourth-order valence-electron chi connectivity index (χ4n) is 4.37. The van der Waals surface area contributed by atoms with Crippen LogP contribution in [0.2, 0.25) is 0 Å². The zero-order valence-corrected chi connectivity index (χ0v) is 19.3. The van der Waals surface area contributed by atoms with Crippen LogP contribution >= 0.6 is 0 Å². The molecule has 1 unspecified atom stereocenters. The van der Waals surface area contributed by atoms with Gasteiger partial charge in [-0.05, 0) is 36.8 Å². The van der Waals surface area contributed by atoms with Crippen LogP contribution in [0.5, 0.6) is 0 Å². The first-order valence-electron chi connectivity index (χ1n) is 11.2. The largest absolute Gasteiger partial charge is 0.465 e. The predicted octanol–water partition coefficient (Wildman–Crippen LogP) is 4.92. The molecule has 1 aliphatic heterocycles. The number of morpholine rings is 1. The van der Waals surface area contributed by atoms with E-state index in [0.717, 1.165) is 17.7 Å². The van der Waals surface area contributed by atoms with Crippen molar-refractivity contribution in [3.8, 4) is 22.6 Å². The lowest BCUT2D eigenvalue weighted by Crippen LogP contribution is -2.45. The highest BCUT2D eigenvalue weighted by atomic mass is 19.4. The summed E-state index contributed by atoms with van der Waals surface area (Å²) < 4.78 is 76.9. The molecule has 1 saturated heterocycles. The van der Waals surface area contributed by atoms with Crippen LogP contribution in [0.15, 0.2) is 36.7 Å². The van der Waals surface area contributed by atoms with E-state index >= 15 is 8.78 Å². The van der Waals surface area contributed by atoms with Gasteiger partial charge in [-0.1, -0.05) is 0 Å². The number of hydrogen-bond donors (Lipinski definition) is 2. The molecule has 1 atom stereocenters. The Morgan fingerprint density at radius 2 is 1.97 bits per heavy atom. The summed E-state index contributed by atoms with van der Waals surface area (Å²) in [6.45, 7) is 2.27. The van der Waals surface area contributed by atoms with Crippen molar-refractivity contribution >= 4 is 11.7 Å². The van der Waals surface area contributed by atoms with E-state index in [-0.39, 0.29) is 43.2 Å². The average Bonchev–Trinajstić information content (AvgIpc) is 3.45. The first-order chi connectivity index (χ1) is 17.5. The second-order valence-corrected chi connectivity index (χ2v) is 8.72. The second-order valence-electron chi connectivity index (χ2n) is 8.72. The number of aromatic nitrogens is 4. The molecule has 2 N–H and O–H groups in total. The van der Waals surface area contributed by atoms with Gasteiger partial charge < -0.3 is 24.1 Å². The molecule has 0 bridgehead atoms. The quantitative estimate of drug-likeness (QED) is 0.372. The monoisotopic (exact) mass is 521 g/mol. The number of alkyl halides is 3. The van der Waals surface area contributed by atoms with Crippen molar-refractivity contribution in [3.05, 3.63) is 65.2 Å². The van der Waals surface area contributed by atoms with Gasteiger partial charge in [0.15, 0.2) is 0 Å². The molecule has 194 valence electrons. The Bertz CT molecular complexity index is 1470. The number of amides is 1. The van der Waals surface area contributed by atoms with E-state index < -0.39 is 41.3 Å². The van der Waals surface area contributed by atoms with Crippen molar-refractivity contribution in [1.29, 1.82) is 0 Å². The van der Waals surface area contributed by atoms with Crippen LogP contribution in [0, 0.1) is 18.6 Å². The Labute approximate surface area is 206 Å². The molecule has 5 rings (SSSR count). The highest BCUT2D eigenvalue weighted by Crippen LogP contribution is 2.35. The van der Waals surface area contributed by atoms with Gasteiger partial charge in [-0.15, -0.1) is 0 Å². The Morgan fingerprint density at radius 3 is 2.62 bits per heavy atom. The summed E-state index contributed by atoms with van der Waals surface area (Å²) >= 11 is 0. The molecule has 0 radical (unpaired) electrons. The number of nitrogens with zero attached hydrogens (tertiary/aromatic N) is 4. The molecule has 1 aliphatic rings. The summed E-state index contributed by atoms with van der Waals surface area (Å²) in [6.07, 6.45) is -4.02. The Hall–Kier alpha value is -4.00. The fourth-order valence-corrected chi connectivity index (χ4v) is 4.37. The van der Waals surface area contributed by atoms with Gasteiger partial charge in [0.1, 0.15) is 28.8 Å². The van der Waals surface area contributed by atoms with E-state index in [0.29, 0.717) is 17.5 Å². The third-order valence-corrected chi connectivity index (χ3v) is 6.14. The minimum atomic E-state index is -4.69. The molecule has 0 saturated carbocycles. The maximum absolute atomic E-state index is 15.4. The molecule has 4 heterocycles. The molecular weight excluding hydrogens is 501 g/mol. The lowest BCUT2D eigenvalue weighted by Gasteiger charge is -2.31. The second kappa shape index (κ2) is 9.14. The number of fused-ring (bicyclic) bond motifs is 1. The lowest BCUT2D eigenvalue weighted by molar-refractivity contribution is -0.140. The standard InChI is InChI=1S/C24H20F5N5O3/c1-12-2-3-34-17(9-14-11-33(23(35)36)4-5-37-14)21(32-19(34)6-12)20-15(25)7-13(8-16(20)26)22-30-10-18(31-22)24(27,28)29/h2-3,6-8,10,14H,4-5,9,11H2,1H3,(H,30,31)(H,35,36). The van der Waals surface area contributed by atoms with Crippen LogP contribution in [-0.2, 0) is 17.3 Å². The highest BCUT2D eigenvalue weighted by molar-refractivity contribution is 5.71. The number of benzene rings is 1. The van der Waals surface area contributed by atoms with Gasteiger partial charge in [0, 0.05) is 24.7 Å². The minimum absolute atomic E-state index is 0.0152. The van der Waals surface area contributed by atoms with E-state index in [1.165, 1.54) is 4.90 Å². The van der Waals surface area contributed by atoms with E-state index in [4.69, 9.17) is 4.74 Å². The number of carbonyl (C=O) groups is 1. The van der Waals surface area contributed by atoms with Crippen molar-refractivity contribution < 1.29 is 36.6 Å². The number of aromatic amines is 1. The predicted molar refractivity (Wildman–Crippen MR) is 121 cm³/mol. The molecule has 4 aromatic rings. The van der Waals surface area contributed by atoms with Crippen LogP contribution in [0.3, 0.4) is 0 Å². The lowest BCUT2D eigenvalue weighted by atomic mass is 10.0. The first-order valence-corrected chi connectivity index (χ1v) is 11.2. The van der Waals surface area contributed by atoms with Crippen LogP contribution in [0.1, 0.15) is 17.0 Å². The van der Waals surface area contributed by atoms with Gasteiger partial charge in [0.05, 0.1) is 42.4 Å². The normalized spacial score (nSPS) is 16.5. The zero-order chi connectivity index (χ0) is 26.5. The molecule has 0 aliphatic carbocycles.